The first-order valence-electron chi connectivity index (χ1n) is 7.31. The van der Waals surface area contributed by atoms with Crippen LogP contribution in [-0.2, 0) is 6.54 Å². The van der Waals surface area contributed by atoms with Crippen LogP contribution in [0.1, 0.15) is 11.1 Å². The Kier molecular flexibility index (Phi) is 4.05. The summed E-state index contributed by atoms with van der Waals surface area (Å²) in [4.78, 5) is 4.33. The largest absolute Gasteiger partial charge is 0.399 e. The van der Waals surface area contributed by atoms with Gasteiger partial charge in [-0.25, -0.2) is 0 Å². The van der Waals surface area contributed by atoms with Crippen molar-refractivity contribution in [2.75, 3.05) is 11.1 Å². The van der Waals surface area contributed by atoms with E-state index >= 15 is 0 Å². The third-order valence-corrected chi connectivity index (χ3v) is 3.54. The lowest BCUT2D eigenvalue weighted by molar-refractivity contribution is 1.14. The molecule has 0 spiro atoms. The van der Waals surface area contributed by atoms with Crippen molar-refractivity contribution in [3.05, 3.63) is 78.1 Å². The second-order valence-corrected chi connectivity index (χ2v) is 5.43. The quantitative estimate of drug-likeness (QED) is 0.706. The highest BCUT2D eigenvalue weighted by atomic mass is 14.9. The van der Waals surface area contributed by atoms with E-state index in [0.29, 0.717) is 0 Å². The van der Waals surface area contributed by atoms with Crippen LogP contribution in [-0.4, -0.2) is 4.98 Å². The van der Waals surface area contributed by atoms with Gasteiger partial charge in [0.15, 0.2) is 0 Å². The van der Waals surface area contributed by atoms with Crippen LogP contribution in [0.15, 0.2) is 67.0 Å². The van der Waals surface area contributed by atoms with Crippen LogP contribution in [0.2, 0.25) is 0 Å². The molecular weight excluding hydrogens is 270 g/mol. The number of aromatic nitrogens is 1. The zero-order valence-corrected chi connectivity index (χ0v) is 12.6. The molecule has 2 aromatic carbocycles. The molecular formula is C19H19N3. The fraction of sp³-hybridized carbons (Fsp3) is 0.105. The number of aryl methyl sites for hydroxylation is 1. The van der Waals surface area contributed by atoms with Crippen molar-refractivity contribution >= 4 is 11.4 Å². The number of hydrogen-bond donors (Lipinski definition) is 2. The number of nitrogens with one attached hydrogen (secondary N) is 1. The van der Waals surface area contributed by atoms with E-state index in [-0.39, 0.29) is 0 Å². The maximum absolute atomic E-state index is 5.80. The minimum absolute atomic E-state index is 0.726. The van der Waals surface area contributed by atoms with E-state index in [1.807, 2.05) is 30.6 Å². The minimum atomic E-state index is 0.726. The number of pyridine rings is 1. The predicted molar refractivity (Wildman–Crippen MR) is 92.6 cm³/mol. The predicted octanol–water partition coefficient (Wildman–Crippen LogP) is 4.25. The van der Waals surface area contributed by atoms with Crippen LogP contribution in [0.4, 0.5) is 11.4 Å². The molecule has 0 aliphatic rings. The smallest absolute Gasteiger partial charge is 0.0535 e. The normalized spacial score (nSPS) is 10.4. The number of benzene rings is 2. The Morgan fingerprint density at radius 3 is 2.64 bits per heavy atom. The molecule has 0 saturated heterocycles. The molecule has 0 bridgehead atoms. The number of nitrogens with two attached hydrogens (primary N) is 1. The van der Waals surface area contributed by atoms with Crippen molar-refractivity contribution < 1.29 is 0 Å². The summed E-state index contributed by atoms with van der Waals surface area (Å²) in [5.41, 5.74) is 12.3. The van der Waals surface area contributed by atoms with Crippen LogP contribution in [0.3, 0.4) is 0 Å². The van der Waals surface area contributed by atoms with E-state index in [9.17, 15) is 0 Å². The van der Waals surface area contributed by atoms with E-state index in [1.54, 1.807) is 0 Å². The van der Waals surface area contributed by atoms with Gasteiger partial charge in [0.2, 0.25) is 0 Å². The molecule has 1 aromatic heterocycles. The third kappa shape index (κ3) is 3.44. The maximum Gasteiger partial charge on any atom is 0.0535 e. The van der Waals surface area contributed by atoms with Crippen molar-refractivity contribution in [3.63, 3.8) is 0 Å². The highest BCUT2D eigenvalue weighted by molar-refractivity contribution is 5.67. The van der Waals surface area contributed by atoms with Crippen LogP contribution >= 0.6 is 0 Å². The van der Waals surface area contributed by atoms with Gasteiger partial charge in [0.1, 0.15) is 0 Å². The first-order chi connectivity index (χ1) is 10.7. The average molecular weight is 289 g/mol. The van der Waals surface area contributed by atoms with Crippen LogP contribution < -0.4 is 11.1 Å². The third-order valence-electron chi connectivity index (χ3n) is 3.54. The highest BCUT2D eigenvalue weighted by Crippen LogP contribution is 2.22. The summed E-state index contributed by atoms with van der Waals surface area (Å²) in [6, 6.07) is 18.4. The van der Waals surface area contributed by atoms with E-state index in [0.717, 1.165) is 29.0 Å². The lowest BCUT2D eigenvalue weighted by atomic mass is 10.1. The van der Waals surface area contributed by atoms with Gasteiger partial charge in [0, 0.05) is 30.2 Å². The first kappa shape index (κ1) is 14.1. The van der Waals surface area contributed by atoms with Gasteiger partial charge in [-0.3, -0.25) is 4.98 Å². The zero-order valence-electron chi connectivity index (χ0n) is 12.6. The molecule has 0 saturated carbocycles. The number of anilines is 2. The first-order valence-corrected chi connectivity index (χ1v) is 7.31. The molecule has 0 unspecified atom stereocenters. The highest BCUT2D eigenvalue weighted by Gasteiger charge is 2.01. The van der Waals surface area contributed by atoms with Gasteiger partial charge in [-0.05, 0) is 36.2 Å². The fourth-order valence-electron chi connectivity index (χ4n) is 2.43. The summed E-state index contributed by atoms with van der Waals surface area (Å²) in [7, 11) is 0. The molecule has 3 N–H and O–H groups in total. The zero-order chi connectivity index (χ0) is 15.4. The Labute approximate surface area is 130 Å². The molecule has 0 fully saturated rings. The van der Waals surface area contributed by atoms with E-state index in [4.69, 9.17) is 5.73 Å². The molecule has 0 aliphatic heterocycles. The summed E-state index contributed by atoms with van der Waals surface area (Å²) in [6.07, 6.45) is 3.73. The molecule has 3 rings (SSSR count). The summed E-state index contributed by atoms with van der Waals surface area (Å²) >= 11 is 0. The summed E-state index contributed by atoms with van der Waals surface area (Å²) in [6.45, 7) is 2.82. The number of hydrogen-bond acceptors (Lipinski definition) is 3. The van der Waals surface area contributed by atoms with Crippen molar-refractivity contribution in [3.8, 4) is 11.1 Å². The molecule has 0 atom stereocenters. The lowest BCUT2D eigenvalue weighted by Crippen LogP contribution is -2.00. The van der Waals surface area contributed by atoms with Crippen LogP contribution in [0.25, 0.3) is 11.1 Å². The van der Waals surface area contributed by atoms with Gasteiger partial charge < -0.3 is 11.1 Å². The summed E-state index contributed by atoms with van der Waals surface area (Å²) in [5.74, 6) is 0. The van der Waals surface area contributed by atoms with Crippen LogP contribution in [0, 0.1) is 6.92 Å². The summed E-state index contributed by atoms with van der Waals surface area (Å²) < 4.78 is 0. The Balaban J connectivity index is 1.77. The fourth-order valence-corrected chi connectivity index (χ4v) is 2.43. The monoisotopic (exact) mass is 289 g/mol. The number of nitrogen functional groups attached to an aromatic ring is 1. The number of nitrogens with zero attached hydrogens (tertiary/aromatic N) is 1. The SMILES string of the molecule is Cc1cccc(-c2cncc(NCc3cccc(N)c3)c2)c1. The molecule has 3 aromatic rings. The summed E-state index contributed by atoms with van der Waals surface area (Å²) in [5, 5.41) is 3.39. The molecule has 0 amide bonds. The standard InChI is InChI=1S/C19H19N3/c1-14-4-2-6-16(8-14)17-10-19(13-21-12-17)22-11-15-5-3-7-18(20)9-15/h2-10,12-13,22H,11,20H2,1H3. The van der Waals surface area contributed by atoms with Gasteiger partial charge in [-0.15, -0.1) is 0 Å². The minimum Gasteiger partial charge on any atom is -0.399 e. The molecule has 22 heavy (non-hydrogen) atoms. The Morgan fingerprint density at radius 1 is 0.955 bits per heavy atom. The molecule has 3 nitrogen and oxygen atoms in total. The topological polar surface area (TPSA) is 50.9 Å². The molecule has 0 radical (unpaired) electrons. The Morgan fingerprint density at radius 2 is 1.82 bits per heavy atom. The van der Waals surface area contributed by atoms with Gasteiger partial charge in [0.25, 0.3) is 0 Å². The van der Waals surface area contributed by atoms with E-state index in [1.165, 1.54) is 11.1 Å². The molecule has 110 valence electrons. The molecule has 1 heterocycles. The lowest BCUT2D eigenvalue weighted by Gasteiger charge is -2.09. The second-order valence-electron chi connectivity index (χ2n) is 5.43. The second kappa shape index (κ2) is 6.31. The van der Waals surface area contributed by atoms with Gasteiger partial charge >= 0.3 is 0 Å². The van der Waals surface area contributed by atoms with Gasteiger partial charge in [0.05, 0.1) is 5.69 Å². The number of rotatable bonds is 4. The van der Waals surface area contributed by atoms with Crippen molar-refractivity contribution in [2.45, 2.75) is 13.5 Å². The Bertz CT molecular complexity index is 781. The van der Waals surface area contributed by atoms with Crippen molar-refractivity contribution in [1.82, 2.24) is 4.98 Å². The Hall–Kier alpha value is -2.81. The van der Waals surface area contributed by atoms with E-state index < -0.39 is 0 Å². The van der Waals surface area contributed by atoms with Crippen molar-refractivity contribution in [1.29, 1.82) is 0 Å². The molecule has 0 aliphatic carbocycles. The average Bonchev–Trinajstić information content (AvgIpc) is 2.53. The van der Waals surface area contributed by atoms with Gasteiger partial charge in [-0.2, -0.15) is 0 Å². The maximum atomic E-state index is 5.80. The van der Waals surface area contributed by atoms with Crippen LogP contribution in [0.5, 0.6) is 0 Å². The van der Waals surface area contributed by atoms with Crippen molar-refractivity contribution in [2.24, 2.45) is 0 Å². The molecule has 3 heteroatoms. The van der Waals surface area contributed by atoms with Gasteiger partial charge in [-0.1, -0.05) is 42.0 Å². The van der Waals surface area contributed by atoms with E-state index in [2.05, 4.69) is 53.6 Å².